The molecule has 1 aromatic heterocycles. The van der Waals surface area contributed by atoms with E-state index in [1.54, 1.807) is 25.3 Å². The summed E-state index contributed by atoms with van der Waals surface area (Å²) >= 11 is 3.36. The highest BCUT2D eigenvalue weighted by Crippen LogP contribution is 2.14. The molecule has 0 unspecified atom stereocenters. The van der Waals surface area contributed by atoms with E-state index in [0.29, 0.717) is 5.76 Å². The summed E-state index contributed by atoms with van der Waals surface area (Å²) in [6.07, 6.45) is 3.05. The van der Waals surface area contributed by atoms with Crippen LogP contribution in [0.1, 0.15) is 16.3 Å². The molecule has 0 bridgehead atoms. The smallest absolute Gasteiger partial charge is 0.222 e. The molecule has 0 fully saturated rings. The number of carbonyl (C=O) groups is 1. The number of ketones is 1. The lowest BCUT2D eigenvalue weighted by molar-refractivity contribution is 0.102. The maximum absolute atomic E-state index is 11.7. The van der Waals surface area contributed by atoms with E-state index in [1.807, 2.05) is 24.3 Å². The molecule has 0 saturated heterocycles. The van der Waals surface area contributed by atoms with Crippen LogP contribution >= 0.6 is 15.9 Å². The summed E-state index contributed by atoms with van der Waals surface area (Å²) in [7, 11) is 0. The number of benzene rings is 1. The number of anilines is 1. The highest BCUT2D eigenvalue weighted by molar-refractivity contribution is 9.10. The molecule has 0 radical (unpaired) electrons. The lowest BCUT2D eigenvalue weighted by Crippen LogP contribution is -1.94. The van der Waals surface area contributed by atoms with Crippen molar-refractivity contribution in [2.75, 3.05) is 5.32 Å². The van der Waals surface area contributed by atoms with Gasteiger partial charge in [-0.25, -0.2) is 0 Å². The van der Waals surface area contributed by atoms with Gasteiger partial charge in [0.05, 0.1) is 0 Å². The van der Waals surface area contributed by atoms with Crippen LogP contribution in [-0.2, 0) is 0 Å². The van der Waals surface area contributed by atoms with Crippen LogP contribution in [0.5, 0.6) is 0 Å². The third-order valence-electron chi connectivity index (χ3n) is 2.31. The average Bonchev–Trinajstić information content (AvgIpc) is 2.78. The van der Waals surface area contributed by atoms with Gasteiger partial charge in [-0.15, -0.1) is 0 Å². The van der Waals surface area contributed by atoms with Gasteiger partial charge >= 0.3 is 0 Å². The predicted octanol–water partition coefficient (Wildman–Crippen LogP) is 4.16. The van der Waals surface area contributed by atoms with Crippen LogP contribution in [0.15, 0.2) is 57.6 Å². The largest absolute Gasteiger partial charge is 0.458 e. The first-order chi connectivity index (χ1) is 8.65. The van der Waals surface area contributed by atoms with Crippen LogP contribution in [0, 0.1) is 6.92 Å². The molecule has 2 aromatic rings. The van der Waals surface area contributed by atoms with Gasteiger partial charge in [-0.3, -0.25) is 4.79 Å². The Bertz CT molecular complexity index is 570. The van der Waals surface area contributed by atoms with E-state index in [1.165, 1.54) is 6.08 Å². The third kappa shape index (κ3) is 3.34. The van der Waals surface area contributed by atoms with Gasteiger partial charge in [0, 0.05) is 22.4 Å². The lowest BCUT2D eigenvalue weighted by Gasteiger charge is -1.99. The van der Waals surface area contributed by atoms with Crippen LogP contribution in [0.25, 0.3) is 0 Å². The van der Waals surface area contributed by atoms with Crippen LogP contribution in [0.3, 0.4) is 0 Å². The zero-order chi connectivity index (χ0) is 13.0. The fraction of sp³-hybridized carbons (Fsp3) is 0.0714. The molecule has 0 amide bonds. The van der Waals surface area contributed by atoms with Crippen LogP contribution in [0.2, 0.25) is 0 Å². The average molecular weight is 306 g/mol. The fourth-order valence-corrected chi connectivity index (χ4v) is 1.67. The molecule has 1 heterocycles. The summed E-state index contributed by atoms with van der Waals surface area (Å²) < 4.78 is 6.24. The minimum atomic E-state index is -0.160. The second-order valence-corrected chi connectivity index (χ2v) is 4.67. The van der Waals surface area contributed by atoms with Gasteiger partial charge in [0.1, 0.15) is 5.76 Å². The van der Waals surface area contributed by atoms with Crippen molar-refractivity contribution in [3.63, 3.8) is 0 Å². The highest BCUT2D eigenvalue weighted by atomic mass is 79.9. The van der Waals surface area contributed by atoms with Crippen molar-refractivity contribution in [2.24, 2.45) is 0 Å². The number of hydrogen-bond acceptors (Lipinski definition) is 3. The number of furan rings is 1. The molecule has 0 atom stereocenters. The molecule has 1 aromatic carbocycles. The zero-order valence-electron chi connectivity index (χ0n) is 9.81. The van der Waals surface area contributed by atoms with E-state index in [2.05, 4.69) is 21.2 Å². The monoisotopic (exact) mass is 305 g/mol. The van der Waals surface area contributed by atoms with Gasteiger partial charge in [0.15, 0.2) is 5.76 Å². The Morgan fingerprint density at radius 3 is 2.56 bits per heavy atom. The summed E-state index contributed by atoms with van der Waals surface area (Å²) in [6, 6.07) is 11.1. The molecule has 0 aliphatic heterocycles. The molecule has 0 saturated carbocycles. The number of halogens is 1. The maximum atomic E-state index is 11.7. The van der Waals surface area contributed by atoms with Gasteiger partial charge in [-0.2, -0.15) is 0 Å². The fourth-order valence-electron chi connectivity index (χ4n) is 1.41. The third-order valence-corrected chi connectivity index (χ3v) is 2.84. The molecule has 92 valence electrons. The Hall–Kier alpha value is -1.81. The predicted molar refractivity (Wildman–Crippen MR) is 74.7 cm³/mol. The van der Waals surface area contributed by atoms with E-state index in [9.17, 15) is 4.79 Å². The van der Waals surface area contributed by atoms with Crippen molar-refractivity contribution in [3.05, 3.63) is 64.7 Å². The van der Waals surface area contributed by atoms with Crippen molar-refractivity contribution < 1.29 is 9.21 Å². The van der Waals surface area contributed by atoms with Gasteiger partial charge in [-0.1, -0.05) is 15.9 Å². The van der Waals surface area contributed by atoms with E-state index < -0.39 is 0 Å². The van der Waals surface area contributed by atoms with Crippen LogP contribution in [-0.4, -0.2) is 5.78 Å². The normalized spacial score (nSPS) is 10.8. The number of carbonyl (C=O) groups excluding carboxylic acids is 1. The van der Waals surface area contributed by atoms with Crippen LogP contribution < -0.4 is 5.32 Å². The molecule has 0 spiro atoms. The summed E-state index contributed by atoms with van der Waals surface area (Å²) in [5.41, 5.74) is 0.915. The molecule has 4 heteroatoms. The van der Waals surface area contributed by atoms with Crippen molar-refractivity contribution >= 4 is 27.4 Å². The van der Waals surface area contributed by atoms with Crippen molar-refractivity contribution in [1.29, 1.82) is 0 Å². The second-order valence-electron chi connectivity index (χ2n) is 3.76. The van der Waals surface area contributed by atoms with Crippen LogP contribution in [0.4, 0.5) is 5.69 Å². The molecule has 18 heavy (non-hydrogen) atoms. The first-order valence-corrected chi connectivity index (χ1v) is 6.24. The molecule has 2 rings (SSSR count). The first-order valence-electron chi connectivity index (χ1n) is 5.44. The Morgan fingerprint density at radius 1 is 1.22 bits per heavy atom. The summed E-state index contributed by atoms with van der Waals surface area (Å²) in [5.74, 6) is 0.918. The summed E-state index contributed by atoms with van der Waals surface area (Å²) in [5, 5.41) is 3.02. The molecular weight excluding hydrogens is 294 g/mol. The topological polar surface area (TPSA) is 42.2 Å². The molecule has 3 nitrogen and oxygen atoms in total. The Labute approximate surface area is 114 Å². The molecule has 1 N–H and O–H groups in total. The summed E-state index contributed by atoms with van der Waals surface area (Å²) in [6.45, 7) is 1.81. The minimum absolute atomic E-state index is 0.160. The van der Waals surface area contributed by atoms with E-state index >= 15 is 0 Å². The number of allylic oxidation sites excluding steroid dienone is 1. The number of rotatable bonds is 4. The van der Waals surface area contributed by atoms with Crippen molar-refractivity contribution in [3.8, 4) is 0 Å². The molecule has 0 aliphatic rings. The van der Waals surface area contributed by atoms with Crippen molar-refractivity contribution in [1.82, 2.24) is 0 Å². The van der Waals surface area contributed by atoms with E-state index in [4.69, 9.17) is 4.42 Å². The Morgan fingerprint density at radius 2 is 1.94 bits per heavy atom. The zero-order valence-corrected chi connectivity index (χ0v) is 11.4. The number of aryl methyl sites for hydroxylation is 1. The maximum Gasteiger partial charge on any atom is 0.222 e. The molecular formula is C14H12BrNO2. The van der Waals surface area contributed by atoms with Gasteiger partial charge < -0.3 is 9.73 Å². The minimum Gasteiger partial charge on any atom is -0.458 e. The van der Waals surface area contributed by atoms with Gasteiger partial charge in [-0.05, 0) is 43.3 Å². The number of hydrogen-bond donors (Lipinski definition) is 1. The first kappa shape index (κ1) is 12.6. The van der Waals surface area contributed by atoms with E-state index in [0.717, 1.165) is 15.9 Å². The Kier molecular flexibility index (Phi) is 3.99. The van der Waals surface area contributed by atoms with Gasteiger partial charge in [0.2, 0.25) is 5.78 Å². The second kappa shape index (κ2) is 5.69. The van der Waals surface area contributed by atoms with Gasteiger partial charge in [0.25, 0.3) is 0 Å². The summed E-state index contributed by atoms with van der Waals surface area (Å²) in [4.78, 5) is 11.7. The number of nitrogens with one attached hydrogen (secondary N) is 1. The van der Waals surface area contributed by atoms with E-state index in [-0.39, 0.29) is 5.78 Å². The quantitative estimate of drug-likeness (QED) is 0.681. The Balaban J connectivity index is 1.95. The van der Waals surface area contributed by atoms with Crippen molar-refractivity contribution in [2.45, 2.75) is 6.92 Å². The lowest BCUT2D eigenvalue weighted by atomic mass is 10.3. The molecule has 0 aliphatic carbocycles. The highest BCUT2D eigenvalue weighted by Gasteiger charge is 2.05. The SMILES string of the molecule is Cc1ccc(C(=O)C=CNc2ccc(Br)cc2)o1. The standard InChI is InChI=1S/C14H12BrNO2/c1-10-2-7-14(18-10)13(17)8-9-16-12-5-3-11(15)4-6-12/h2-9,16H,1H3.